The molecule has 3 atom stereocenters. The Balaban J connectivity index is 1.65. The molecule has 1 unspecified atom stereocenters. The zero-order valence-electron chi connectivity index (χ0n) is 33.1. The van der Waals surface area contributed by atoms with Crippen molar-refractivity contribution in [3.8, 4) is 5.75 Å². The second-order valence-corrected chi connectivity index (χ2v) is 28.9. The zero-order valence-corrected chi connectivity index (χ0v) is 36.0. The number of ether oxygens (including phenoxy) is 2. The van der Waals surface area contributed by atoms with E-state index >= 15 is 0 Å². The van der Waals surface area contributed by atoms with Gasteiger partial charge in [0.2, 0.25) is 0 Å². The van der Waals surface area contributed by atoms with Crippen LogP contribution in [-0.2, 0) is 23.4 Å². The van der Waals surface area contributed by atoms with E-state index in [1.54, 1.807) is 7.11 Å². The summed E-state index contributed by atoms with van der Waals surface area (Å²) < 4.78 is 18.4. The molecule has 1 N–H and O–H groups in total. The molecule has 4 aromatic carbocycles. The number of hydrogen-bond donors (Lipinski definition) is 1. The van der Waals surface area contributed by atoms with E-state index in [0.29, 0.717) is 15.4 Å². The molecule has 7 heteroatoms. The summed E-state index contributed by atoms with van der Waals surface area (Å²) in [5, 5.41) is 11.1. The van der Waals surface area contributed by atoms with Gasteiger partial charge in [-0.1, -0.05) is 0 Å². The number of methoxy groups -OCH3 is 1. The average molecular weight is 836 g/mol. The summed E-state index contributed by atoms with van der Waals surface area (Å²) in [7, 11) is 1.63. The van der Waals surface area contributed by atoms with Gasteiger partial charge in [0, 0.05) is 0 Å². The standard InChI is InChI=1S/C35H33N2O4.3C4H9.Sn/c1-3-41-34(39)30-23-36(31-19-25(24-38)20-32(40-2)33(30)31)21-29-22-37(29)35(26-13-7-4-8-14-26,27-15-9-5-10-16-27)28-17-11-6-12-18-28;3*1-3-4-2;/h4-20,22-23,29,38H,3,21,24H2,1-2H3;3*1,3-4H2,2H3;/t29-,37?;;;;/m0..../s1. The average Bonchev–Trinajstić information content (AvgIpc) is 3.82. The number of unbranched alkanes of at least 4 members (excludes halogenated alkanes) is 3. The van der Waals surface area contributed by atoms with Crippen LogP contribution < -0.4 is 4.74 Å². The first-order valence-electron chi connectivity index (χ1n) is 20.4. The van der Waals surface area contributed by atoms with Gasteiger partial charge in [0.05, 0.1) is 0 Å². The number of aliphatic hydroxyl groups is 1. The quantitative estimate of drug-likeness (QED) is 0.0366. The number of carbonyl (C=O) groups is 1. The molecule has 0 aliphatic carbocycles. The third-order valence-corrected chi connectivity index (χ3v) is 28.9. The Labute approximate surface area is 327 Å². The molecule has 5 aromatic rings. The molecule has 1 aromatic heterocycles. The third-order valence-electron chi connectivity index (χ3n) is 11.9. The van der Waals surface area contributed by atoms with Crippen LogP contribution in [0.1, 0.15) is 98.8 Å². The third kappa shape index (κ3) is 7.76. The van der Waals surface area contributed by atoms with Crippen molar-refractivity contribution >= 4 is 35.2 Å². The molecule has 1 aliphatic heterocycles. The maximum absolute atomic E-state index is 13.6. The van der Waals surface area contributed by atoms with E-state index in [1.165, 1.54) is 68.5 Å². The van der Waals surface area contributed by atoms with E-state index in [1.807, 2.05) is 25.3 Å². The molecule has 0 spiro atoms. The second kappa shape index (κ2) is 18.4. The van der Waals surface area contributed by atoms with Crippen molar-refractivity contribution in [2.24, 2.45) is 0 Å². The number of carbonyl (C=O) groups excluding carboxylic acids is 1. The fourth-order valence-corrected chi connectivity index (χ4v) is 28.8. The molecule has 6 rings (SSSR count). The van der Waals surface area contributed by atoms with Crippen LogP contribution >= 0.6 is 0 Å². The van der Waals surface area contributed by atoms with E-state index in [2.05, 4.69) is 121 Å². The number of fused-ring (bicyclic) bond motifs is 1. The van der Waals surface area contributed by atoms with Crippen LogP contribution in [0.15, 0.2) is 109 Å². The molecule has 6 nitrogen and oxygen atoms in total. The topological polar surface area (TPSA) is 63.7 Å². The van der Waals surface area contributed by atoms with Crippen molar-refractivity contribution in [1.29, 1.82) is 0 Å². The van der Waals surface area contributed by atoms with Gasteiger partial charge < -0.3 is 0 Å². The minimum absolute atomic E-state index is 0.117. The van der Waals surface area contributed by atoms with Gasteiger partial charge in [-0.3, -0.25) is 0 Å². The van der Waals surface area contributed by atoms with Crippen LogP contribution in [0.25, 0.3) is 10.9 Å². The number of hydrogen-bond acceptors (Lipinski definition) is 5. The van der Waals surface area contributed by atoms with E-state index in [9.17, 15) is 9.90 Å². The molecule has 1 aliphatic rings. The van der Waals surface area contributed by atoms with Crippen molar-refractivity contribution in [1.82, 2.24) is 9.47 Å². The molecule has 0 amide bonds. The van der Waals surface area contributed by atoms with E-state index in [4.69, 9.17) is 9.47 Å². The number of esters is 1. The minimum atomic E-state index is -3.05. The molecular weight excluding hydrogens is 775 g/mol. The number of rotatable bonds is 20. The summed E-state index contributed by atoms with van der Waals surface area (Å²) in [5.41, 5.74) is 5.49. The van der Waals surface area contributed by atoms with Crippen molar-refractivity contribution in [2.75, 3.05) is 13.7 Å². The van der Waals surface area contributed by atoms with Gasteiger partial charge in [-0.2, -0.15) is 0 Å². The zero-order chi connectivity index (χ0) is 38.1. The van der Waals surface area contributed by atoms with Crippen molar-refractivity contribution in [2.45, 2.75) is 108 Å². The first kappa shape index (κ1) is 40.1. The van der Waals surface area contributed by atoms with E-state index < -0.39 is 23.9 Å². The molecule has 0 saturated carbocycles. The molecule has 286 valence electrons. The van der Waals surface area contributed by atoms with Crippen molar-refractivity contribution < 1.29 is 19.4 Å². The monoisotopic (exact) mass is 836 g/mol. The fraction of sp³-hybridized carbons (Fsp3) is 0.426. The molecule has 2 heterocycles. The second-order valence-electron chi connectivity index (χ2n) is 15.2. The Morgan fingerprint density at radius 2 is 1.26 bits per heavy atom. The molecule has 0 bridgehead atoms. The van der Waals surface area contributed by atoms with Gasteiger partial charge in [-0.15, -0.1) is 0 Å². The SMILES string of the molecule is CCC[CH2][Sn]([CH2]CCC)([CH2]CCC)[C@@H]1[C@H](Cn2cc(C(=O)OCC)c3c(OC)cc(CO)cc32)N1C(c1ccccc1)(c1ccccc1)c1ccccc1. The Morgan fingerprint density at radius 1 is 0.759 bits per heavy atom. The summed E-state index contributed by atoms with van der Waals surface area (Å²) >= 11 is -3.05. The Morgan fingerprint density at radius 3 is 1.69 bits per heavy atom. The van der Waals surface area contributed by atoms with Crippen LogP contribution in [0, 0.1) is 0 Å². The van der Waals surface area contributed by atoms with Crippen LogP contribution in [0.2, 0.25) is 13.3 Å². The predicted octanol–water partition coefficient (Wildman–Crippen LogP) is 10.8. The van der Waals surface area contributed by atoms with Crippen LogP contribution in [-0.4, -0.2) is 62.7 Å². The Bertz CT molecular complexity index is 1830. The van der Waals surface area contributed by atoms with E-state index in [0.717, 1.165) is 23.0 Å². The summed E-state index contributed by atoms with van der Waals surface area (Å²) in [6.45, 7) is 9.81. The summed E-state index contributed by atoms with van der Waals surface area (Å²) in [5.74, 6) is 0.229. The van der Waals surface area contributed by atoms with Crippen LogP contribution in [0.4, 0.5) is 0 Å². The maximum atomic E-state index is 13.6. The van der Waals surface area contributed by atoms with E-state index in [-0.39, 0.29) is 25.2 Å². The molecule has 54 heavy (non-hydrogen) atoms. The Hall–Kier alpha value is -3.59. The van der Waals surface area contributed by atoms with Gasteiger partial charge in [-0.25, -0.2) is 0 Å². The van der Waals surface area contributed by atoms with Gasteiger partial charge in [-0.05, 0) is 0 Å². The number of benzene rings is 4. The summed E-state index contributed by atoms with van der Waals surface area (Å²) in [6, 6.07) is 37.6. The van der Waals surface area contributed by atoms with Gasteiger partial charge >= 0.3 is 329 Å². The van der Waals surface area contributed by atoms with Crippen LogP contribution in [0.3, 0.4) is 0 Å². The predicted molar refractivity (Wildman–Crippen MR) is 224 cm³/mol. The van der Waals surface area contributed by atoms with Crippen molar-refractivity contribution in [3.63, 3.8) is 0 Å². The summed E-state index contributed by atoms with van der Waals surface area (Å²) in [6.07, 6.45) is 9.49. The Kier molecular flexibility index (Phi) is 13.6. The first-order chi connectivity index (χ1) is 26.4. The number of nitrogens with zero attached hydrogens (tertiary/aromatic N) is 2. The molecule has 1 saturated heterocycles. The molecule has 0 radical (unpaired) electrons. The number of aromatic nitrogens is 1. The van der Waals surface area contributed by atoms with Gasteiger partial charge in [0.15, 0.2) is 0 Å². The normalized spacial score (nSPS) is 17.1. The first-order valence-corrected chi connectivity index (χ1v) is 28.1. The fourth-order valence-electron chi connectivity index (χ4n) is 9.43. The van der Waals surface area contributed by atoms with Gasteiger partial charge in [0.25, 0.3) is 0 Å². The van der Waals surface area contributed by atoms with Gasteiger partial charge in [0.1, 0.15) is 0 Å². The number of aliphatic hydroxyl groups excluding tert-OH is 1. The summed E-state index contributed by atoms with van der Waals surface area (Å²) in [4.78, 5) is 16.6. The van der Waals surface area contributed by atoms with Crippen molar-refractivity contribution in [3.05, 3.63) is 137 Å². The van der Waals surface area contributed by atoms with Crippen LogP contribution in [0.5, 0.6) is 5.75 Å². The molecular formula is C47H60N2O4Sn. The molecule has 1 fully saturated rings.